The third-order valence-electron chi connectivity index (χ3n) is 3.14. The Bertz CT molecular complexity index is 566. The molecule has 1 aromatic carbocycles. The summed E-state index contributed by atoms with van der Waals surface area (Å²) in [6.45, 7) is 2.01. The van der Waals surface area contributed by atoms with Crippen LogP contribution in [-0.4, -0.2) is 24.1 Å². The van der Waals surface area contributed by atoms with Crippen molar-refractivity contribution in [1.82, 2.24) is 10.3 Å². The summed E-state index contributed by atoms with van der Waals surface area (Å²) in [4.78, 5) is 13.6. The van der Waals surface area contributed by atoms with E-state index in [2.05, 4.69) is 15.6 Å². The summed E-state index contributed by atoms with van der Waals surface area (Å²) >= 11 is 0. The third kappa shape index (κ3) is 2.19. The molecule has 1 aliphatic rings. The number of oxazole rings is 1. The van der Waals surface area contributed by atoms with Crippen LogP contribution in [-0.2, 0) is 0 Å². The Labute approximate surface area is 98.2 Å². The highest BCUT2D eigenvalue weighted by Gasteiger charge is 2.13. The number of aromatic amines is 1. The summed E-state index contributed by atoms with van der Waals surface area (Å²) < 4.78 is 5.01. The topological polar surface area (TPSA) is 70.1 Å². The van der Waals surface area contributed by atoms with Gasteiger partial charge in [0.2, 0.25) is 0 Å². The molecule has 0 amide bonds. The highest BCUT2D eigenvalue weighted by molar-refractivity contribution is 5.76. The van der Waals surface area contributed by atoms with E-state index in [1.165, 1.54) is 12.8 Å². The lowest BCUT2D eigenvalue weighted by Crippen LogP contribution is -2.29. The molecule has 0 spiro atoms. The van der Waals surface area contributed by atoms with E-state index in [0.717, 1.165) is 24.3 Å². The van der Waals surface area contributed by atoms with Crippen molar-refractivity contribution >= 4 is 16.8 Å². The Kier molecular flexibility index (Phi) is 2.60. The molecule has 0 radical (unpaired) electrons. The van der Waals surface area contributed by atoms with E-state index in [-0.39, 0.29) is 0 Å². The zero-order valence-electron chi connectivity index (χ0n) is 9.45. The van der Waals surface area contributed by atoms with Crippen LogP contribution in [0.2, 0.25) is 0 Å². The standard InChI is InChI=1S/C12H15N3O2/c16-12-15-10-4-3-8(6-11(10)17-12)14-7-9-2-1-5-13-9/h3-4,6,9,13-14H,1-2,5,7H2,(H,15,16). The van der Waals surface area contributed by atoms with Crippen molar-refractivity contribution in [3.05, 3.63) is 28.7 Å². The van der Waals surface area contributed by atoms with E-state index in [4.69, 9.17) is 4.42 Å². The summed E-state index contributed by atoms with van der Waals surface area (Å²) in [7, 11) is 0. The fraction of sp³-hybridized carbons (Fsp3) is 0.417. The molecule has 1 atom stereocenters. The normalized spacial score (nSPS) is 19.9. The summed E-state index contributed by atoms with van der Waals surface area (Å²) in [5.41, 5.74) is 2.31. The molecule has 5 nitrogen and oxygen atoms in total. The van der Waals surface area contributed by atoms with Crippen LogP contribution in [0, 0.1) is 0 Å². The van der Waals surface area contributed by atoms with Crippen LogP contribution in [0.4, 0.5) is 5.69 Å². The first kappa shape index (κ1) is 10.4. The zero-order valence-corrected chi connectivity index (χ0v) is 9.45. The number of aromatic nitrogens is 1. The number of nitrogens with one attached hydrogen (secondary N) is 3. The van der Waals surface area contributed by atoms with Gasteiger partial charge < -0.3 is 15.1 Å². The lowest BCUT2D eigenvalue weighted by molar-refractivity contribution is 0.555. The number of hydrogen-bond acceptors (Lipinski definition) is 4. The molecular weight excluding hydrogens is 218 g/mol. The lowest BCUT2D eigenvalue weighted by Gasteiger charge is -2.12. The maximum absolute atomic E-state index is 11.0. The highest BCUT2D eigenvalue weighted by Crippen LogP contribution is 2.16. The second-order valence-corrected chi connectivity index (χ2v) is 4.40. The summed E-state index contributed by atoms with van der Waals surface area (Å²) in [6.07, 6.45) is 2.46. The van der Waals surface area contributed by atoms with Gasteiger partial charge in [-0.05, 0) is 31.5 Å². The largest absolute Gasteiger partial charge is 0.417 e. The molecule has 1 fully saturated rings. The average molecular weight is 233 g/mol. The van der Waals surface area contributed by atoms with Crippen LogP contribution in [0.1, 0.15) is 12.8 Å². The van der Waals surface area contributed by atoms with Crippen molar-refractivity contribution in [1.29, 1.82) is 0 Å². The predicted octanol–water partition coefficient (Wildman–Crippen LogP) is 1.28. The molecule has 1 aromatic heterocycles. The van der Waals surface area contributed by atoms with Gasteiger partial charge in [0, 0.05) is 24.3 Å². The molecule has 0 saturated carbocycles. The van der Waals surface area contributed by atoms with E-state index in [0.29, 0.717) is 11.6 Å². The van der Waals surface area contributed by atoms with Gasteiger partial charge in [0.05, 0.1) is 5.52 Å². The van der Waals surface area contributed by atoms with Crippen molar-refractivity contribution in [2.45, 2.75) is 18.9 Å². The van der Waals surface area contributed by atoms with Gasteiger partial charge in [0.15, 0.2) is 5.58 Å². The number of anilines is 1. The molecular formula is C12H15N3O2. The fourth-order valence-corrected chi connectivity index (χ4v) is 2.23. The number of benzene rings is 1. The van der Waals surface area contributed by atoms with Crippen LogP contribution in [0.15, 0.2) is 27.4 Å². The highest BCUT2D eigenvalue weighted by atomic mass is 16.4. The number of hydrogen-bond donors (Lipinski definition) is 3. The number of H-pyrrole nitrogens is 1. The van der Waals surface area contributed by atoms with Crippen molar-refractivity contribution in [2.24, 2.45) is 0 Å². The van der Waals surface area contributed by atoms with E-state index in [1.807, 2.05) is 18.2 Å². The number of fused-ring (bicyclic) bond motifs is 1. The molecule has 17 heavy (non-hydrogen) atoms. The molecule has 2 heterocycles. The molecule has 1 unspecified atom stereocenters. The van der Waals surface area contributed by atoms with Gasteiger partial charge in [0.25, 0.3) is 0 Å². The van der Waals surface area contributed by atoms with Crippen molar-refractivity contribution in [2.75, 3.05) is 18.4 Å². The molecule has 1 aliphatic heterocycles. The minimum atomic E-state index is -0.408. The van der Waals surface area contributed by atoms with Crippen molar-refractivity contribution < 1.29 is 4.42 Å². The molecule has 3 rings (SSSR count). The summed E-state index contributed by atoms with van der Waals surface area (Å²) in [6, 6.07) is 6.19. The Hall–Kier alpha value is -1.75. The first-order valence-corrected chi connectivity index (χ1v) is 5.91. The quantitative estimate of drug-likeness (QED) is 0.747. The minimum absolute atomic E-state index is 0.408. The Balaban J connectivity index is 1.73. The SMILES string of the molecule is O=c1[nH]c2ccc(NCC3CCCN3)cc2o1. The Morgan fingerprint density at radius 1 is 1.47 bits per heavy atom. The van der Waals surface area contributed by atoms with E-state index >= 15 is 0 Å². The van der Waals surface area contributed by atoms with Crippen LogP contribution < -0.4 is 16.4 Å². The summed E-state index contributed by atoms with van der Waals surface area (Å²) in [5.74, 6) is -0.408. The molecule has 5 heteroatoms. The Morgan fingerprint density at radius 3 is 3.24 bits per heavy atom. The molecule has 0 aliphatic carbocycles. The first-order valence-electron chi connectivity index (χ1n) is 5.91. The van der Waals surface area contributed by atoms with Gasteiger partial charge in [0.1, 0.15) is 0 Å². The maximum Gasteiger partial charge on any atom is 0.417 e. The van der Waals surface area contributed by atoms with Gasteiger partial charge >= 0.3 is 5.76 Å². The third-order valence-corrected chi connectivity index (χ3v) is 3.14. The lowest BCUT2D eigenvalue weighted by atomic mass is 10.2. The number of rotatable bonds is 3. The Morgan fingerprint density at radius 2 is 2.41 bits per heavy atom. The first-order chi connectivity index (χ1) is 8.31. The van der Waals surface area contributed by atoms with E-state index in [1.54, 1.807) is 0 Å². The second kappa shape index (κ2) is 4.25. The maximum atomic E-state index is 11.0. The van der Waals surface area contributed by atoms with Gasteiger partial charge in [-0.1, -0.05) is 0 Å². The van der Waals surface area contributed by atoms with Crippen LogP contribution in [0.25, 0.3) is 11.1 Å². The zero-order chi connectivity index (χ0) is 11.7. The predicted molar refractivity (Wildman–Crippen MR) is 66.3 cm³/mol. The van der Waals surface area contributed by atoms with Crippen LogP contribution >= 0.6 is 0 Å². The van der Waals surface area contributed by atoms with Crippen molar-refractivity contribution in [3.63, 3.8) is 0 Å². The molecule has 1 saturated heterocycles. The molecule has 90 valence electrons. The second-order valence-electron chi connectivity index (χ2n) is 4.40. The minimum Gasteiger partial charge on any atom is -0.408 e. The van der Waals surface area contributed by atoms with Gasteiger partial charge in [-0.3, -0.25) is 4.98 Å². The van der Waals surface area contributed by atoms with Crippen LogP contribution in [0.5, 0.6) is 0 Å². The molecule has 0 bridgehead atoms. The molecule has 2 aromatic rings. The van der Waals surface area contributed by atoms with Gasteiger partial charge in [-0.15, -0.1) is 0 Å². The van der Waals surface area contributed by atoms with E-state index < -0.39 is 5.76 Å². The van der Waals surface area contributed by atoms with Gasteiger partial charge in [-0.2, -0.15) is 0 Å². The monoisotopic (exact) mass is 233 g/mol. The summed E-state index contributed by atoms with van der Waals surface area (Å²) in [5, 5.41) is 6.78. The van der Waals surface area contributed by atoms with Crippen LogP contribution in [0.3, 0.4) is 0 Å². The van der Waals surface area contributed by atoms with E-state index in [9.17, 15) is 4.79 Å². The average Bonchev–Trinajstić information content (AvgIpc) is 2.92. The fourth-order valence-electron chi connectivity index (χ4n) is 2.23. The van der Waals surface area contributed by atoms with Crippen molar-refractivity contribution in [3.8, 4) is 0 Å². The van der Waals surface area contributed by atoms with Gasteiger partial charge in [-0.25, -0.2) is 4.79 Å². The smallest absolute Gasteiger partial charge is 0.408 e. The molecule has 3 N–H and O–H groups in total.